The molecule has 1 aliphatic rings. The molecule has 0 saturated carbocycles. The summed E-state index contributed by atoms with van der Waals surface area (Å²) in [4.78, 5) is 8.02. The molecule has 94 valence electrons. The molecule has 1 aliphatic heterocycles. The minimum absolute atomic E-state index is 0.384. The minimum atomic E-state index is 0.384. The highest BCUT2D eigenvalue weighted by Gasteiger charge is 2.13. The second kappa shape index (κ2) is 6.16. The molecule has 17 heavy (non-hydrogen) atoms. The van der Waals surface area contributed by atoms with Gasteiger partial charge in [-0.25, -0.2) is 9.97 Å². The third-order valence-corrected chi connectivity index (χ3v) is 3.63. The first-order chi connectivity index (χ1) is 8.27. The first-order valence-electron chi connectivity index (χ1n) is 5.89. The molecule has 1 aromatic heterocycles. The zero-order valence-corrected chi connectivity index (χ0v) is 11.2. The van der Waals surface area contributed by atoms with Gasteiger partial charge in [-0.3, -0.25) is 0 Å². The summed E-state index contributed by atoms with van der Waals surface area (Å²) in [5.41, 5.74) is 5.67. The summed E-state index contributed by atoms with van der Waals surface area (Å²) in [5.74, 6) is 1.20. The van der Waals surface area contributed by atoms with Crippen LogP contribution in [0.5, 0.6) is 0 Å². The molecule has 0 aliphatic carbocycles. The van der Waals surface area contributed by atoms with E-state index in [2.05, 4.69) is 31.2 Å². The summed E-state index contributed by atoms with van der Waals surface area (Å²) < 4.78 is 6.39. The SMILES string of the molecule is Nc1ncnc(NCCC2CCCCO2)c1Br. The molecule has 0 amide bonds. The largest absolute Gasteiger partial charge is 0.383 e. The Morgan fingerprint density at radius 3 is 3.12 bits per heavy atom. The van der Waals surface area contributed by atoms with Crippen LogP contribution in [-0.4, -0.2) is 29.2 Å². The molecule has 1 atom stereocenters. The van der Waals surface area contributed by atoms with Gasteiger partial charge in [-0.2, -0.15) is 0 Å². The van der Waals surface area contributed by atoms with Crippen LogP contribution in [-0.2, 0) is 4.74 Å². The molecule has 6 heteroatoms. The van der Waals surface area contributed by atoms with Gasteiger partial charge in [0.05, 0.1) is 6.10 Å². The van der Waals surface area contributed by atoms with Gasteiger partial charge in [-0.1, -0.05) is 0 Å². The van der Waals surface area contributed by atoms with E-state index >= 15 is 0 Å². The van der Waals surface area contributed by atoms with Crippen LogP contribution in [0.3, 0.4) is 0 Å². The van der Waals surface area contributed by atoms with E-state index in [0.717, 1.165) is 36.3 Å². The average molecular weight is 301 g/mol. The van der Waals surface area contributed by atoms with Crippen LogP contribution < -0.4 is 11.1 Å². The number of nitrogens with zero attached hydrogens (tertiary/aromatic N) is 2. The third-order valence-electron chi connectivity index (χ3n) is 2.85. The van der Waals surface area contributed by atoms with Gasteiger partial charge in [0.1, 0.15) is 22.4 Å². The quantitative estimate of drug-likeness (QED) is 0.892. The van der Waals surface area contributed by atoms with Crippen LogP contribution in [0.4, 0.5) is 11.6 Å². The van der Waals surface area contributed by atoms with E-state index in [1.54, 1.807) is 0 Å². The van der Waals surface area contributed by atoms with E-state index in [4.69, 9.17) is 10.5 Å². The Kier molecular flexibility index (Phi) is 4.56. The molecule has 0 aromatic carbocycles. The van der Waals surface area contributed by atoms with Crippen molar-refractivity contribution < 1.29 is 4.74 Å². The smallest absolute Gasteiger partial charge is 0.145 e. The van der Waals surface area contributed by atoms with Crippen molar-refractivity contribution >= 4 is 27.6 Å². The number of hydrogen-bond acceptors (Lipinski definition) is 5. The number of halogens is 1. The predicted molar refractivity (Wildman–Crippen MR) is 70.8 cm³/mol. The number of hydrogen-bond donors (Lipinski definition) is 2. The summed E-state index contributed by atoms with van der Waals surface area (Å²) >= 11 is 3.36. The van der Waals surface area contributed by atoms with Crippen LogP contribution in [0.1, 0.15) is 25.7 Å². The van der Waals surface area contributed by atoms with Crippen molar-refractivity contribution in [1.82, 2.24) is 9.97 Å². The fourth-order valence-corrected chi connectivity index (χ4v) is 2.24. The Morgan fingerprint density at radius 2 is 2.35 bits per heavy atom. The molecule has 2 rings (SSSR count). The zero-order chi connectivity index (χ0) is 12.1. The van der Waals surface area contributed by atoms with Gasteiger partial charge in [0.25, 0.3) is 0 Å². The van der Waals surface area contributed by atoms with Gasteiger partial charge in [0.15, 0.2) is 0 Å². The lowest BCUT2D eigenvalue weighted by Crippen LogP contribution is -2.22. The first-order valence-corrected chi connectivity index (χ1v) is 6.68. The minimum Gasteiger partial charge on any atom is -0.383 e. The lowest BCUT2D eigenvalue weighted by atomic mass is 10.1. The van der Waals surface area contributed by atoms with Crippen LogP contribution >= 0.6 is 15.9 Å². The van der Waals surface area contributed by atoms with Crippen molar-refractivity contribution in [2.45, 2.75) is 31.8 Å². The maximum absolute atomic E-state index is 5.67. The molecule has 1 aromatic rings. The van der Waals surface area contributed by atoms with Gasteiger partial charge in [0, 0.05) is 13.2 Å². The van der Waals surface area contributed by atoms with Crippen molar-refractivity contribution in [3.05, 3.63) is 10.8 Å². The van der Waals surface area contributed by atoms with E-state index in [1.807, 2.05) is 0 Å². The van der Waals surface area contributed by atoms with Crippen molar-refractivity contribution in [2.75, 3.05) is 24.2 Å². The van der Waals surface area contributed by atoms with Crippen LogP contribution in [0.15, 0.2) is 10.8 Å². The number of nitrogens with one attached hydrogen (secondary N) is 1. The van der Waals surface area contributed by atoms with Crippen LogP contribution in [0.25, 0.3) is 0 Å². The fourth-order valence-electron chi connectivity index (χ4n) is 1.89. The lowest BCUT2D eigenvalue weighted by molar-refractivity contribution is 0.0134. The zero-order valence-electron chi connectivity index (χ0n) is 9.66. The highest BCUT2D eigenvalue weighted by Crippen LogP contribution is 2.24. The fraction of sp³-hybridized carbons (Fsp3) is 0.636. The number of ether oxygens (including phenoxy) is 1. The Bertz CT molecular complexity index is 368. The van der Waals surface area contributed by atoms with Crippen LogP contribution in [0, 0.1) is 0 Å². The van der Waals surface area contributed by atoms with Gasteiger partial charge in [0.2, 0.25) is 0 Å². The van der Waals surface area contributed by atoms with Crippen molar-refractivity contribution in [3.8, 4) is 0 Å². The van der Waals surface area contributed by atoms with Gasteiger partial charge >= 0.3 is 0 Å². The highest BCUT2D eigenvalue weighted by atomic mass is 79.9. The average Bonchev–Trinajstić information content (AvgIpc) is 2.36. The molecule has 5 nitrogen and oxygen atoms in total. The molecular weight excluding hydrogens is 284 g/mol. The van der Waals surface area contributed by atoms with E-state index in [0.29, 0.717) is 11.9 Å². The van der Waals surface area contributed by atoms with Gasteiger partial charge in [-0.05, 0) is 41.6 Å². The highest BCUT2D eigenvalue weighted by molar-refractivity contribution is 9.10. The molecule has 1 fully saturated rings. The molecule has 0 spiro atoms. The van der Waals surface area contributed by atoms with E-state index in [9.17, 15) is 0 Å². The van der Waals surface area contributed by atoms with Crippen molar-refractivity contribution in [1.29, 1.82) is 0 Å². The second-order valence-electron chi connectivity index (χ2n) is 4.13. The number of aromatic nitrogens is 2. The molecule has 1 saturated heterocycles. The topological polar surface area (TPSA) is 73.1 Å². The normalized spacial score (nSPS) is 20.2. The number of nitrogen functional groups attached to an aromatic ring is 1. The first kappa shape index (κ1) is 12.6. The summed E-state index contributed by atoms with van der Waals surface area (Å²) in [6.07, 6.45) is 6.46. The molecule has 1 unspecified atom stereocenters. The maximum atomic E-state index is 5.67. The van der Waals surface area contributed by atoms with Crippen LogP contribution in [0.2, 0.25) is 0 Å². The molecule has 3 N–H and O–H groups in total. The lowest BCUT2D eigenvalue weighted by Gasteiger charge is -2.22. The maximum Gasteiger partial charge on any atom is 0.145 e. The Labute approximate surface area is 109 Å². The van der Waals surface area contributed by atoms with E-state index < -0.39 is 0 Å². The summed E-state index contributed by atoms with van der Waals surface area (Å²) in [7, 11) is 0. The summed E-state index contributed by atoms with van der Waals surface area (Å²) in [6.45, 7) is 1.73. The van der Waals surface area contributed by atoms with Crippen molar-refractivity contribution in [3.63, 3.8) is 0 Å². The summed E-state index contributed by atoms with van der Waals surface area (Å²) in [5, 5.41) is 3.24. The molecule has 0 bridgehead atoms. The molecule has 0 radical (unpaired) electrons. The Hall–Kier alpha value is -0.880. The number of nitrogens with two attached hydrogens (primary N) is 1. The third kappa shape index (κ3) is 3.54. The van der Waals surface area contributed by atoms with Gasteiger partial charge in [-0.15, -0.1) is 0 Å². The Balaban J connectivity index is 1.79. The molecular formula is C11H17BrN4O. The van der Waals surface area contributed by atoms with Gasteiger partial charge < -0.3 is 15.8 Å². The van der Waals surface area contributed by atoms with Crippen molar-refractivity contribution in [2.24, 2.45) is 0 Å². The number of anilines is 2. The number of rotatable bonds is 4. The monoisotopic (exact) mass is 300 g/mol. The Morgan fingerprint density at radius 1 is 1.47 bits per heavy atom. The van der Waals surface area contributed by atoms with E-state index in [1.165, 1.54) is 19.2 Å². The van der Waals surface area contributed by atoms with E-state index in [-0.39, 0.29) is 0 Å². The summed E-state index contributed by atoms with van der Waals surface area (Å²) in [6, 6.07) is 0. The standard InChI is InChI=1S/C11H17BrN4O/c12-9-10(13)15-7-16-11(9)14-5-4-8-3-1-2-6-17-8/h7-8H,1-6H2,(H3,13,14,15,16). The molecule has 2 heterocycles. The second-order valence-corrected chi connectivity index (χ2v) is 4.92. The predicted octanol–water partition coefficient (Wildman–Crippen LogP) is 2.19.